The SMILES string of the molecule is [2H]/C=N/C#CC#CC#CC#CC#CC#CC#CC#CC#CC#CC#CC#C. The van der Waals surface area contributed by atoms with Crippen molar-refractivity contribution in [1.29, 1.82) is 0 Å². The Labute approximate surface area is 156 Å². The smallest absolute Gasteiger partial charge is 0.0761 e. The van der Waals surface area contributed by atoms with Gasteiger partial charge in [-0.25, -0.2) is 4.99 Å². The molecule has 1 nitrogen and oxygen atoms in total. The van der Waals surface area contributed by atoms with Gasteiger partial charge in [-0.15, -0.1) is 6.42 Å². The third-order valence-electron chi connectivity index (χ3n) is 1.44. The quantitative estimate of drug-likeness (QED) is 0.450. The summed E-state index contributed by atoms with van der Waals surface area (Å²) in [6.07, 6.45) is 4.91. The first kappa shape index (κ1) is 18.4. The summed E-state index contributed by atoms with van der Waals surface area (Å²) in [6.45, 7) is 0.819. The van der Waals surface area contributed by atoms with Crippen LogP contribution in [-0.2, 0) is 0 Å². The molecule has 0 atom stereocenters. The highest BCUT2D eigenvalue weighted by Gasteiger charge is 1.59. The van der Waals surface area contributed by atoms with E-state index >= 15 is 0 Å². The fourth-order valence-electron chi connectivity index (χ4n) is 0.690. The molecule has 0 rings (SSSR count). The molecule has 0 saturated carbocycles. The molecule has 0 heterocycles. The van der Waals surface area contributed by atoms with E-state index in [-0.39, 0.29) is 0 Å². The molecule has 0 aromatic heterocycles. The Morgan fingerprint density at radius 1 is 0.462 bits per heavy atom. The predicted molar refractivity (Wildman–Crippen MR) is 104 cm³/mol. The highest BCUT2D eigenvalue weighted by Crippen LogP contribution is 1.59. The monoisotopic (exact) mass is 318 g/mol. The lowest BCUT2D eigenvalue weighted by molar-refractivity contribution is 1.76. The maximum absolute atomic E-state index is 6.59. The van der Waals surface area contributed by atoms with Crippen molar-refractivity contribution >= 4 is 6.69 Å². The number of hydrogen-bond donors (Lipinski definition) is 0. The van der Waals surface area contributed by atoms with Crippen LogP contribution in [0.2, 0.25) is 0 Å². The molecular formula is C25H3N. The molecule has 108 valence electrons. The Bertz CT molecular complexity index is 1330. The predicted octanol–water partition coefficient (Wildman–Crippen LogP) is 0.315. The van der Waals surface area contributed by atoms with Crippen molar-refractivity contribution < 1.29 is 1.37 Å². The van der Waals surface area contributed by atoms with Crippen LogP contribution in [0.25, 0.3) is 0 Å². The Balaban J connectivity index is 4.42. The van der Waals surface area contributed by atoms with Crippen LogP contribution >= 0.6 is 0 Å². The molecule has 0 aliphatic rings. The van der Waals surface area contributed by atoms with Gasteiger partial charge in [0.1, 0.15) is 0 Å². The number of nitrogens with zero attached hydrogens (tertiary/aromatic N) is 1. The van der Waals surface area contributed by atoms with E-state index in [1.807, 2.05) is 0 Å². The Kier molecular flexibility index (Phi) is 13.8. The minimum absolute atomic E-state index is 0.819. The van der Waals surface area contributed by atoms with Gasteiger partial charge in [0, 0.05) is 95.6 Å². The summed E-state index contributed by atoms with van der Waals surface area (Å²) in [7, 11) is 0. The zero-order valence-electron chi connectivity index (χ0n) is 14.1. The topological polar surface area (TPSA) is 12.4 Å². The van der Waals surface area contributed by atoms with Crippen molar-refractivity contribution in [2.75, 3.05) is 0 Å². The molecule has 26 heavy (non-hydrogen) atoms. The second-order valence-corrected chi connectivity index (χ2v) is 3.01. The molecule has 0 N–H and O–H groups in total. The molecule has 0 spiro atoms. The number of aliphatic imine (C=N–C) groups is 1. The van der Waals surface area contributed by atoms with Gasteiger partial charge in [0.15, 0.2) is 0 Å². The van der Waals surface area contributed by atoms with Crippen molar-refractivity contribution in [2.45, 2.75) is 0 Å². The first-order valence-electron chi connectivity index (χ1n) is 6.85. The Hall–Kier alpha value is -5.61. The third kappa shape index (κ3) is 18.4. The van der Waals surface area contributed by atoms with Crippen LogP contribution in [0.4, 0.5) is 0 Å². The van der Waals surface area contributed by atoms with Crippen LogP contribution in [0, 0.1) is 143 Å². The maximum atomic E-state index is 6.59. The van der Waals surface area contributed by atoms with Crippen LogP contribution in [0.5, 0.6) is 0 Å². The van der Waals surface area contributed by atoms with Gasteiger partial charge in [-0.1, -0.05) is 0 Å². The standard InChI is InChI=1S/C25H3N/c1-3-4-5-6-7-8-9-10-11-12-13-14-15-16-17-18-19-20-21-22-23-24-25-26-2/h1H,2H2/i2D/b26-2+. The average molecular weight is 318 g/mol. The normalized spacial score (nSPS) is 4.96. The van der Waals surface area contributed by atoms with E-state index < -0.39 is 0 Å². The van der Waals surface area contributed by atoms with Gasteiger partial charge in [0.05, 0.1) is 1.37 Å². The molecule has 0 fully saturated rings. The van der Waals surface area contributed by atoms with Gasteiger partial charge in [0.25, 0.3) is 0 Å². The van der Waals surface area contributed by atoms with Gasteiger partial charge in [-0.2, -0.15) is 0 Å². The number of rotatable bonds is 0. The van der Waals surface area contributed by atoms with E-state index in [4.69, 9.17) is 7.79 Å². The first-order chi connectivity index (χ1) is 13.4. The van der Waals surface area contributed by atoms with Crippen LogP contribution in [-0.4, -0.2) is 6.69 Å². The van der Waals surface area contributed by atoms with E-state index in [0.29, 0.717) is 0 Å². The summed E-state index contributed by atoms with van der Waals surface area (Å²) >= 11 is 0. The zero-order chi connectivity index (χ0) is 19.7. The summed E-state index contributed by atoms with van der Waals surface area (Å²) in [5.74, 6) is 53.6. The number of hydrogen-bond acceptors (Lipinski definition) is 1. The van der Waals surface area contributed by atoms with Crippen molar-refractivity contribution in [3.63, 3.8) is 0 Å². The number of terminal acetylenes is 1. The Morgan fingerprint density at radius 3 is 1.00 bits per heavy atom. The second kappa shape index (κ2) is 19.4. The highest BCUT2D eigenvalue weighted by atomic mass is 14.6. The van der Waals surface area contributed by atoms with Crippen LogP contribution < -0.4 is 0 Å². The van der Waals surface area contributed by atoms with Crippen LogP contribution in [0.1, 0.15) is 1.37 Å². The van der Waals surface area contributed by atoms with Crippen molar-refractivity contribution in [3.8, 4) is 143 Å². The lowest BCUT2D eigenvalue weighted by Gasteiger charge is -1.57. The minimum atomic E-state index is 0.819. The van der Waals surface area contributed by atoms with Crippen LogP contribution in [0.3, 0.4) is 0 Å². The summed E-state index contributed by atoms with van der Waals surface area (Å²) in [4.78, 5) is 3.33. The van der Waals surface area contributed by atoms with E-state index in [1.165, 1.54) is 0 Å². The molecule has 0 aliphatic carbocycles. The average Bonchev–Trinajstić information content (AvgIpc) is 2.68. The summed E-state index contributed by atoms with van der Waals surface area (Å²) in [6, 6.07) is 2.27. The molecule has 0 aliphatic heterocycles. The summed E-state index contributed by atoms with van der Waals surface area (Å²) in [5, 5.41) is 0. The van der Waals surface area contributed by atoms with Crippen molar-refractivity contribution in [2.24, 2.45) is 4.99 Å². The molecule has 0 saturated heterocycles. The van der Waals surface area contributed by atoms with Gasteiger partial charge >= 0.3 is 0 Å². The highest BCUT2D eigenvalue weighted by molar-refractivity contribution is 5.47. The minimum Gasteiger partial charge on any atom is -0.213 e. The third-order valence-corrected chi connectivity index (χ3v) is 1.44. The van der Waals surface area contributed by atoms with Gasteiger partial charge in [0.2, 0.25) is 0 Å². The fourth-order valence-corrected chi connectivity index (χ4v) is 0.690. The molecule has 1 heteroatoms. The van der Waals surface area contributed by atoms with Gasteiger partial charge in [-0.05, 0) is 47.4 Å². The fraction of sp³-hybridized carbons (Fsp3) is 0. The van der Waals surface area contributed by atoms with E-state index in [1.54, 1.807) is 0 Å². The van der Waals surface area contributed by atoms with E-state index in [0.717, 1.165) is 6.69 Å². The largest absolute Gasteiger partial charge is 0.213 e. The zero-order valence-corrected chi connectivity index (χ0v) is 13.1. The van der Waals surface area contributed by atoms with Crippen molar-refractivity contribution in [1.82, 2.24) is 0 Å². The van der Waals surface area contributed by atoms with Crippen LogP contribution in [0.15, 0.2) is 4.99 Å². The molecular weight excluding hydrogens is 314 g/mol. The molecule has 0 amide bonds. The van der Waals surface area contributed by atoms with Crippen molar-refractivity contribution in [3.05, 3.63) is 0 Å². The first-order valence-corrected chi connectivity index (χ1v) is 6.27. The molecule has 0 aromatic rings. The van der Waals surface area contributed by atoms with Gasteiger partial charge < -0.3 is 0 Å². The lowest BCUT2D eigenvalue weighted by atomic mass is 10.4. The second-order valence-electron chi connectivity index (χ2n) is 3.01. The van der Waals surface area contributed by atoms with E-state index in [2.05, 4.69) is 141 Å². The summed E-state index contributed by atoms with van der Waals surface area (Å²) < 4.78 is 6.59. The lowest BCUT2D eigenvalue weighted by Crippen LogP contribution is -1.56. The molecule has 0 unspecified atom stereocenters. The summed E-state index contributed by atoms with van der Waals surface area (Å²) in [5.41, 5.74) is 0. The Morgan fingerprint density at radius 2 is 0.731 bits per heavy atom. The van der Waals surface area contributed by atoms with Gasteiger partial charge in [-0.3, -0.25) is 0 Å². The maximum Gasteiger partial charge on any atom is 0.0761 e. The molecule has 0 bridgehead atoms. The molecule has 0 radical (unpaired) electrons. The molecule has 0 aromatic carbocycles. The van der Waals surface area contributed by atoms with E-state index in [9.17, 15) is 0 Å².